The van der Waals surface area contributed by atoms with Crippen LogP contribution in [-0.4, -0.2) is 20.9 Å². The van der Waals surface area contributed by atoms with Gasteiger partial charge in [-0.3, -0.25) is 4.79 Å². The maximum atomic E-state index is 13.2. The second-order valence-corrected chi connectivity index (χ2v) is 7.85. The molecule has 144 valence electrons. The smallest absolute Gasteiger partial charge is 0.278 e. The van der Waals surface area contributed by atoms with Gasteiger partial charge in [0.1, 0.15) is 5.75 Å². The van der Waals surface area contributed by atoms with E-state index >= 15 is 0 Å². The molecule has 0 spiro atoms. The zero-order valence-electron chi connectivity index (χ0n) is 15.5. The highest BCUT2D eigenvalue weighted by molar-refractivity contribution is 7.93. The van der Waals surface area contributed by atoms with Crippen LogP contribution in [0.25, 0.3) is 0 Å². The lowest BCUT2D eigenvalue weighted by molar-refractivity contribution is -0.119. The molecule has 0 atom stereocenters. The van der Waals surface area contributed by atoms with Crippen LogP contribution < -0.4 is 9.04 Å². The van der Waals surface area contributed by atoms with Crippen molar-refractivity contribution in [3.63, 3.8) is 0 Å². The largest absolute Gasteiger partial charge is 0.483 e. The minimum atomic E-state index is -4.07. The molecule has 0 aliphatic heterocycles. The Morgan fingerprint density at radius 2 is 1.43 bits per heavy atom. The second kappa shape index (κ2) is 8.71. The fourth-order valence-corrected chi connectivity index (χ4v) is 4.24. The summed E-state index contributed by atoms with van der Waals surface area (Å²) in [5.41, 5.74) is 1.22. The average Bonchev–Trinajstić information content (AvgIpc) is 2.74. The van der Waals surface area contributed by atoms with Crippen LogP contribution in [0.4, 0.5) is 5.69 Å². The predicted octanol–water partition coefficient (Wildman–Crippen LogP) is 4.05. The van der Waals surface area contributed by atoms with Crippen molar-refractivity contribution in [2.24, 2.45) is 0 Å². The van der Waals surface area contributed by atoms with Gasteiger partial charge >= 0.3 is 0 Å². The first-order valence-corrected chi connectivity index (χ1v) is 10.4. The van der Waals surface area contributed by atoms with Gasteiger partial charge in [-0.2, -0.15) is 4.31 Å². The molecule has 0 saturated heterocycles. The first-order valence-electron chi connectivity index (χ1n) is 8.93. The monoisotopic (exact) mass is 395 g/mol. The average molecular weight is 395 g/mol. The molecule has 0 bridgehead atoms. The molecule has 28 heavy (non-hydrogen) atoms. The molecule has 1 amide bonds. The summed E-state index contributed by atoms with van der Waals surface area (Å²) < 4.78 is 32.8. The number of carbonyl (C=O) groups is 1. The molecule has 3 aromatic carbocycles. The lowest BCUT2D eigenvalue weighted by atomic mass is 10.1. The quantitative estimate of drug-likeness (QED) is 0.605. The molecule has 3 aromatic rings. The molecule has 6 heteroatoms. The van der Waals surface area contributed by atoms with Crippen molar-refractivity contribution in [1.82, 2.24) is 0 Å². The van der Waals surface area contributed by atoms with Crippen LogP contribution in [-0.2, 0) is 21.2 Å². The number of anilines is 1. The Morgan fingerprint density at radius 3 is 2.07 bits per heavy atom. The number of amides is 1. The molecule has 0 fully saturated rings. The Labute approximate surface area is 165 Å². The summed E-state index contributed by atoms with van der Waals surface area (Å²) in [6.45, 7) is 1.60. The highest BCUT2D eigenvalue weighted by Gasteiger charge is 2.31. The van der Waals surface area contributed by atoms with Crippen LogP contribution in [0.15, 0.2) is 89.8 Å². The molecule has 0 saturated carbocycles. The number of hydrogen-bond acceptors (Lipinski definition) is 4. The summed E-state index contributed by atoms with van der Waals surface area (Å²) in [4.78, 5) is 13.0. The highest BCUT2D eigenvalue weighted by Crippen LogP contribution is 2.24. The van der Waals surface area contributed by atoms with Crippen molar-refractivity contribution in [3.05, 3.63) is 90.5 Å². The second-order valence-electron chi connectivity index (χ2n) is 6.06. The Balaban J connectivity index is 1.92. The van der Waals surface area contributed by atoms with Crippen LogP contribution >= 0.6 is 0 Å². The van der Waals surface area contributed by atoms with Gasteiger partial charge in [0, 0.05) is 0 Å². The molecule has 0 aliphatic carbocycles. The van der Waals surface area contributed by atoms with Gasteiger partial charge in [0.15, 0.2) is 6.61 Å². The Bertz CT molecular complexity index is 1030. The highest BCUT2D eigenvalue weighted by atomic mass is 32.2. The molecule has 0 N–H and O–H groups in total. The van der Waals surface area contributed by atoms with E-state index in [1.165, 1.54) is 12.1 Å². The van der Waals surface area contributed by atoms with Crippen molar-refractivity contribution < 1.29 is 17.9 Å². The van der Waals surface area contributed by atoms with E-state index in [9.17, 15) is 13.2 Å². The topological polar surface area (TPSA) is 63.7 Å². The third-order valence-electron chi connectivity index (χ3n) is 4.20. The summed E-state index contributed by atoms with van der Waals surface area (Å²) in [6, 6.07) is 23.6. The van der Waals surface area contributed by atoms with Gasteiger partial charge in [-0.1, -0.05) is 61.5 Å². The summed E-state index contributed by atoms with van der Waals surface area (Å²) in [5, 5.41) is 0. The Morgan fingerprint density at radius 1 is 0.857 bits per heavy atom. The van der Waals surface area contributed by atoms with Crippen LogP contribution in [0.5, 0.6) is 5.75 Å². The summed E-state index contributed by atoms with van der Waals surface area (Å²) >= 11 is 0. The zero-order chi connectivity index (χ0) is 20.0. The van der Waals surface area contributed by atoms with E-state index in [1.807, 2.05) is 25.1 Å². The van der Waals surface area contributed by atoms with Gasteiger partial charge in [-0.25, -0.2) is 8.42 Å². The van der Waals surface area contributed by atoms with E-state index in [2.05, 4.69) is 0 Å². The maximum Gasteiger partial charge on any atom is 0.278 e. The van der Waals surface area contributed by atoms with Crippen LogP contribution in [0, 0.1) is 0 Å². The Hall–Kier alpha value is -3.12. The van der Waals surface area contributed by atoms with Gasteiger partial charge in [0.2, 0.25) is 0 Å². The van der Waals surface area contributed by atoms with Crippen molar-refractivity contribution in [1.29, 1.82) is 0 Å². The predicted molar refractivity (Wildman–Crippen MR) is 109 cm³/mol. The normalized spacial score (nSPS) is 11.0. The number of nitrogens with zero attached hydrogens (tertiary/aromatic N) is 1. The van der Waals surface area contributed by atoms with Crippen molar-refractivity contribution >= 4 is 21.6 Å². The first kappa shape index (κ1) is 19.6. The van der Waals surface area contributed by atoms with E-state index in [4.69, 9.17) is 4.74 Å². The van der Waals surface area contributed by atoms with E-state index < -0.39 is 22.5 Å². The van der Waals surface area contributed by atoms with Crippen molar-refractivity contribution in [3.8, 4) is 5.75 Å². The standard InChI is InChI=1S/C22H21NO4S/c1-2-18-11-9-10-16-21(18)27-17-22(24)23(19-12-5-3-6-13-19)28(25,26)20-14-7-4-8-15-20/h3-16H,2,17H2,1H3. The molecular formula is C22H21NO4S. The third-order valence-corrected chi connectivity index (χ3v) is 5.97. The van der Waals surface area contributed by atoms with Crippen LogP contribution in [0.1, 0.15) is 12.5 Å². The number of carbonyl (C=O) groups excluding carboxylic acids is 1. The third kappa shape index (κ3) is 4.23. The Kier molecular flexibility index (Phi) is 6.11. The fraction of sp³-hybridized carbons (Fsp3) is 0.136. The number of rotatable bonds is 7. The summed E-state index contributed by atoms with van der Waals surface area (Å²) in [6.07, 6.45) is 0.745. The van der Waals surface area contributed by atoms with E-state index in [0.29, 0.717) is 5.75 Å². The summed E-state index contributed by atoms with van der Waals surface area (Å²) in [5.74, 6) is -0.0931. The molecule has 0 radical (unpaired) electrons. The molecule has 0 heterocycles. The lowest BCUT2D eigenvalue weighted by Crippen LogP contribution is -2.40. The number of ether oxygens (including phenoxy) is 1. The van der Waals surface area contributed by atoms with Gasteiger partial charge in [0.05, 0.1) is 10.6 Å². The lowest BCUT2D eigenvalue weighted by Gasteiger charge is -2.23. The van der Waals surface area contributed by atoms with Crippen LogP contribution in [0.2, 0.25) is 0 Å². The number of hydrogen-bond donors (Lipinski definition) is 0. The van der Waals surface area contributed by atoms with Gasteiger partial charge < -0.3 is 4.74 Å². The molecule has 3 rings (SSSR count). The van der Waals surface area contributed by atoms with E-state index in [-0.39, 0.29) is 10.6 Å². The molecule has 0 aliphatic rings. The van der Waals surface area contributed by atoms with Gasteiger partial charge in [0.25, 0.3) is 15.9 Å². The molecular weight excluding hydrogens is 374 g/mol. The van der Waals surface area contributed by atoms with Gasteiger partial charge in [-0.05, 0) is 42.3 Å². The van der Waals surface area contributed by atoms with E-state index in [0.717, 1.165) is 16.3 Å². The number of sulfonamides is 1. The first-order chi connectivity index (χ1) is 13.5. The number of para-hydroxylation sites is 2. The van der Waals surface area contributed by atoms with Gasteiger partial charge in [-0.15, -0.1) is 0 Å². The minimum absolute atomic E-state index is 0.0427. The molecule has 0 aromatic heterocycles. The fourth-order valence-electron chi connectivity index (χ4n) is 2.81. The SMILES string of the molecule is CCc1ccccc1OCC(=O)N(c1ccccc1)S(=O)(=O)c1ccccc1. The van der Waals surface area contributed by atoms with Crippen molar-refractivity contribution in [2.45, 2.75) is 18.2 Å². The number of benzene rings is 3. The molecule has 5 nitrogen and oxygen atoms in total. The van der Waals surface area contributed by atoms with Crippen molar-refractivity contribution in [2.75, 3.05) is 10.9 Å². The minimum Gasteiger partial charge on any atom is -0.483 e. The zero-order valence-corrected chi connectivity index (χ0v) is 16.3. The number of aryl methyl sites for hydroxylation is 1. The molecule has 0 unspecified atom stereocenters. The van der Waals surface area contributed by atoms with E-state index in [1.54, 1.807) is 54.6 Å². The maximum absolute atomic E-state index is 13.2. The van der Waals surface area contributed by atoms with Crippen LogP contribution in [0.3, 0.4) is 0 Å². The summed E-state index contributed by atoms with van der Waals surface area (Å²) in [7, 11) is -4.07.